The highest BCUT2D eigenvalue weighted by Crippen LogP contribution is 2.41. The van der Waals surface area contributed by atoms with Crippen molar-refractivity contribution < 1.29 is 0 Å². The minimum absolute atomic E-state index is 0.594. The van der Waals surface area contributed by atoms with E-state index < -0.39 is 0 Å². The molecule has 0 amide bonds. The van der Waals surface area contributed by atoms with E-state index in [1.165, 1.54) is 107 Å². The number of benzene rings is 3. The minimum atomic E-state index is 0.594. The van der Waals surface area contributed by atoms with Gasteiger partial charge in [0.05, 0.1) is 0 Å². The molecule has 0 bridgehead atoms. The quantitative estimate of drug-likeness (QED) is 0.252. The highest BCUT2D eigenvalue weighted by molar-refractivity contribution is 5.64. The maximum Gasteiger partial charge on any atom is 0.0413 e. The topological polar surface area (TPSA) is 6.48 Å². The second-order valence-corrected chi connectivity index (χ2v) is 13.9. The van der Waals surface area contributed by atoms with Crippen LogP contribution in [0.5, 0.6) is 0 Å². The zero-order chi connectivity index (χ0) is 28.7. The summed E-state index contributed by atoms with van der Waals surface area (Å²) in [5.41, 5.74) is 5.73. The smallest absolute Gasteiger partial charge is 0.0413 e. The van der Waals surface area contributed by atoms with Gasteiger partial charge in [-0.15, -0.1) is 0 Å². The molecule has 3 fully saturated rings. The first-order chi connectivity index (χ1) is 20.7. The van der Waals surface area contributed by atoms with E-state index in [1.54, 1.807) is 5.56 Å². The molecule has 224 valence electrons. The molecular weight excluding hydrogens is 508 g/mol. The monoisotopic (exact) mass is 562 g/mol. The summed E-state index contributed by atoms with van der Waals surface area (Å²) in [6.45, 7) is 4.84. The molecule has 3 aliphatic rings. The zero-order valence-corrected chi connectivity index (χ0v) is 26.3. The lowest BCUT2D eigenvalue weighted by Crippen LogP contribution is -2.45. The number of para-hydroxylation sites is 2. The van der Waals surface area contributed by atoms with Crippen LogP contribution in [0.25, 0.3) is 0 Å². The molecule has 3 aromatic carbocycles. The van der Waals surface area contributed by atoms with Gasteiger partial charge < -0.3 is 9.80 Å². The second-order valence-electron chi connectivity index (χ2n) is 13.9. The summed E-state index contributed by atoms with van der Waals surface area (Å²) in [4.78, 5) is 5.55. The van der Waals surface area contributed by atoms with Gasteiger partial charge in [0, 0.05) is 35.2 Å². The molecule has 42 heavy (non-hydrogen) atoms. The molecule has 0 radical (unpaired) electrons. The third kappa shape index (κ3) is 6.90. The molecule has 3 aliphatic carbocycles. The van der Waals surface area contributed by atoms with Gasteiger partial charge in [0.1, 0.15) is 0 Å². The van der Waals surface area contributed by atoms with Crippen molar-refractivity contribution in [3.05, 3.63) is 90.5 Å². The average molecular weight is 563 g/mol. The molecule has 3 saturated carbocycles. The van der Waals surface area contributed by atoms with Crippen LogP contribution in [-0.4, -0.2) is 18.1 Å². The van der Waals surface area contributed by atoms with Crippen molar-refractivity contribution in [2.24, 2.45) is 11.8 Å². The van der Waals surface area contributed by atoms with Gasteiger partial charge in [0.2, 0.25) is 0 Å². The fraction of sp³-hybridized carbons (Fsp3) is 0.550. The van der Waals surface area contributed by atoms with Crippen molar-refractivity contribution in [3.8, 4) is 0 Å². The second kappa shape index (κ2) is 14.2. The molecular formula is C40H54N2. The maximum atomic E-state index is 2.90. The van der Waals surface area contributed by atoms with Crippen LogP contribution in [0.3, 0.4) is 0 Å². The predicted octanol–water partition coefficient (Wildman–Crippen LogP) is 11.3. The van der Waals surface area contributed by atoms with Gasteiger partial charge in [-0.1, -0.05) is 101 Å². The zero-order valence-electron chi connectivity index (χ0n) is 26.3. The lowest BCUT2D eigenvalue weighted by molar-refractivity contribution is 0.286. The highest BCUT2D eigenvalue weighted by atomic mass is 15.2. The molecule has 3 aromatic rings. The van der Waals surface area contributed by atoms with Crippen molar-refractivity contribution in [1.82, 2.24) is 0 Å². The van der Waals surface area contributed by atoms with Crippen molar-refractivity contribution in [2.45, 2.75) is 128 Å². The Bertz CT molecular complexity index is 1210. The summed E-state index contributed by atoms with van der Waals surface area (Å²) in [6, 6.07) is 34.3. The molecule has 6 atom stereocenters. The third-order valence-corrected chi connectivity index (χ3v) is 11.1. The summed E-state index contributed by atoms with van der Waals surface area (Å²) >= 11 is 0. The molecule has 2 heteroatoms. The lowest BCUT2D eigenvalue weighted by atomic mass is 9.82. The van der Waals surface area contributed by atoms with Gasteiger partial charge in [-0.25, -0.2) is 0 Å². The van der Waals surface area contributed by atoms with Crippen molar-refractivity contribution in [1.29, 1.82) is 0 Å². The van der Waals surface area contributed by atoms with E-state index in [0.717, 1.165) is 11.8 Å². The Hall–Kier alpha value is -2.74. The molecule has 0 aromatic heterocycles. The van der Waals surface area contributed by atoms with Crippen LogP contribution in [0.1, 0.15) is 115 Å². The molecule has 0 aliphatic heterocycles. The molecule has 2 nitrogen and oxygen atoms in total. The standard InChI is InChI=1S/C40H54N2/c1-3-32-14-11-22-40(30-32)41(35-16-6-4-7-17-35)37-20-12-15-33(23-26-37)34-24-27-38(28-25-34)42(36-18-8-5-9-19-36)39-21-10-13-31(2)29-39/h4-9,16-19,24-25,27-28,31-33,37,39-40H,3,10-15,20-23,26,29-30H2,1-2H3. The Morgan fingerprint density at radius 1 is 0.548 bits per heavy atom. The van der Waals surface area contributed by atoms with E-state index in [-0.39, 0.29) is 0 Å². The molecule has 0 heterocycles. The molecule has 6 rings (SSSR count). The van der Waals surface area contributed by atoms with Gasteiger partial charge >= 0.3 is 0 Å². The summed E-state index contributed by atoms with van der Waals surface area (Å²) in [5.74, 6) is 2.39. The largest absolute Gasteiger partial charge is 0.366 e. The number of hydrogen-bond acceptors (Lipinski definition) is 2. The molecule has 0 N–H and O–H groups in total. The Morgan fingerprint density at radius 2 is 1.17 bits per heavy atom. The van der Waals surface area contributed by atoms with Crippen LogP contribution >= 0.6 is 0 Å². The summed E-state index contributed by atoms with van der Waals surface area (Å²) in [5, 5.41) is 0. The van der Waals surface area contributed by atoms with E-state index in [4.69, 9.17) is 0 Å². The third-order valence-electron chi connectivity index (χ3n) is 11.1. The summed E-state index contributed by atoms with van der Waals surface area (Å²) < 4.78 is 0. The predicted molar refractivity (Wildman–Crippen MR) is 181 cm³/mol. The first kappa shape index (κ1) is 29.3. The first-order valence-corrected chi connectivity index (χ1v) is 17.5. The Balaban J connectivity index is 1.18. The van der Waals surface area contributed by atoms with Crippen LogP contribution in [-0.2, 0) is 0 Å². The SMILES string of the molecule is CCC1CCCC(N(c2ccccc2)C2CCCC(c3ccc(N(c4ccccc4)C4CCCC(C)C4)cc3)CC2)C1. The minimum Gasteiger partial charge on any atom is -0.366 e. The van der Waals surface area contributed by atoms with Gasteiger partial charge in [-0.2, -0.15) is 0 Å². The van der Waals surface area contributed by atoms with Crippen LogP contribution in [0, 0.1) is 11.8 Å². The van der Waals surface area contributed by atoms with Gasteiger partial charge in [0.15, 0.2) is 0 Å². The maximum absolute atomic E-state index is 2.90. The van der Waals surface area contributed by atoms with Crippen LogP contribution in [0.15, 0.2) is 84.9 Å². The van der Waals surface area contributed by atoms with Gasteiger partial charge in [-0.05, 0) is 111 Å². The lowest BCUT2D eigenvalue weighted by Gasteiger charge is -2.43. The van der Waals surface area contributed by atoms with E-state index in [0.29, 0.717) is 24.0 Å². The Kier molecular flexibility index (Phi) is 9.89. The number of rotatable bonds is 8. The van der Waals surface area contributed by atoms with E-state index in [1.807, 2.05) is 0 Å². The number of hydrogen-bond donors (Lipinski definition) is 0. The van der Waals surface area contributed by atoms with Crippen LogP contribution in [0.4, 0.5) is 17.1 Å². The Labute approximate surface area is 256 Å². The number of nitrogens with zero attached hydrogens (tertiary/aromatic N) is 2. The average Bonchev–Trinajstić information content (AvgIpc) is 3.29. The number of anilines is 3. The normalized spacial score (nSPS) is 28.5. The van der Waals surface area contributed by atoms with Crippen molar-refractivity contribution >= 4 is 17.1 Å². The molecule has 0 spiro atoms. The van der Waals surface area contributed by atoms with Crippen molar-refractivity contribution in [3.63, 3.8) is 0 Å². The van der Waals surface area contributed by atoms with Crippen LogP contribution in [0.2, 0.25) is 0 Å². The molecule has 0 saturated heterocycles. The Morgan fingerprint density at radius 3 is 1.88 bits per heavy atom. The summed E-state index contributed by atoms with van der Waals surface area (Å²) in [6.07, 6.45) is 18.8. The molecule has 6 unspecified atom stereocenters. The fourth-order valence-corrected chi connectivity index (χ4v) is 8.80. The van der Waals surface area contributed by atoms with Crippen molar-refractivity contribution in [2.75, 3.05) is 9.80 Å². The van der Waals surface area contributed by atoms with Gasteiger partial charge in [0.25, 0.3) is 0 Å². The van der Waals surface area contributed by atoms with E-state index >= 15 is 0 Å². The van der Waals surface area contributed by atoms with Crippen LogP contribution < -0.4 is 9.80 Å². The van der Waals surface area contributed by atoms with Gasteiger partial charge in [-0.3, -0.25) is 0 Å². The highest BCUT2D eigenvalue weighted by Gasteiger charge is 2.33. The van der Waals surface area contributed by atoms with E-state index in [9.17, 15) is 0 Å². The van der Waals surface area contributed by atoms with E-state index in [2.05, 4.69) is 109 Å². The summed E-state index contributed by atoms with van der Waals surface area (Å²) in [7, 11) is 0. The fourth-order valence-electron chi connectivity index (χ4n) is 8.80. The first-order valence-electron chi connectivity index (χ1n) is 17.5.